The summed E-state index contributed by atoms with van der Waals surface area (Å²) in [5.41, 5.74) is 3.83. The highest BCUT2D eigenvalue weighted by molar-refractivity contribution is 7.94. The van der Waals surface area contributed by atoms with Crippen molar-refractivity contribution in [3.05, 3.63) is 72.2 Å². The van der Waals surface area contributed by atoms with E-state index in [0.29, 0.717) is 18.9 Å². The molecule has 0 unspecified atom stereocenters. The summed E-state index contributed by atoms with van der Waals surface area (Å²) < 4.78 is 16.9. The van der Waals surface area contributed by atoms with Gasteiger partial charge >= 0.3 is 0 Å². The lowest BCUT2D eigenvalue weighted by Crippen LogP contribution is -2.12. The van der Waals surface area contributed by atoms with E-state index in [1.165, 1.54) is 23.9 Å². The largest absolute Gasteiger partial charge is 0.491 e. The number of hydrogen-bond donors (Lipinski definition) is 0. The zero-order valence-electron chi connectivity index (χ0n) is 21.2. The molecule has 0 atom stereocenters. The molecular formula is C27H35N3O3S. The summed E-state index contributed by atoms with van der Waals surface area (Å²) in [5.74, 6) is 1.60. The number of aromatic nitrogens is 2. The van der Waals surface area contributed by atoms with Crippen LogP contribution in [0.3, 0.4) is 0 Å². The SMILES string of the molecule is CC.CC.Cc1ccc(SOCCOc2ccc(N(C)c3ncnc4occ(C)c34)cc2)cc1. The molecule has 0 N–H and O–H groups in total. The third-order valence-electron chi connectivity index (χ3n) is 4.69. The Kier molecular flexibility index (Phi) is 11.4. The van der Waals surface area contributed by atoms with Crippen molar-refractivity contribution in [2.45, 2.75) is 46.4 Å². The molecule has 4 aromatic rings. The van der Waals surface area contributed by atoms with Gasteiger partial charge in [0.25, 0.3) is 0 Å². The van der Waals surface area contributed by atoms with E-state index >= 15 is 0 Å². The molecular weight excluding hydrogens is 446 g/mol. The molecule has 0 radical (unpaired) electrons. The topological polar surface area (TPSA) is 60.6 Å². The van der Waals surface area contributed by atoms with Crippen molar-refractivity contribution in [3.8, 4) is 5.75 Å². The van der Waals surface area contributed by atoms with Crippen LogP contribution in [0, 0.1) is 13.8 Å². The molecule has 0 bridgehead atoms. The highest BCUT2D eigenvalue weighted by Gasteiger charge is 2.15. The van der Waals surface area contributed by atoms with Gasteiger partial charge in [0.1, 0.15) is 24.5 Å². The van der Waals surface area contributed by atoms with Crippen LogP contribution in [0.25, 0.3) is 11.1 Å². The molecule has 0 fully saturated rings. The van der Waals surface area contributed by atoms with Crippen molar-refractivity contribution in [2.75, 3.05) is 25.2 Å². The standard InChI is InChI=1S/C23H23N3O3S.2C2H6/c1-16-4-10-20(11-5-16)30-29-13-12-27-19-8-6-18(7-9-19)26(3)22-21-17(2)14-28-23(21)25-15-24-22;2*1-2/h4-11,14-15H,12-13H2,1-3H3;2*1-2H3. The quantitative estimate of drug-likeness (QED) is 0.188. The number of benzene rings is 2. The molecule has 2 aromatic heterocycles. The van der Waals surface area contributed by atoms with Crippen molar-refractivity contribution >= 4 is 34.6 Å². The van der Waals surface area contributed by atoms with Gasteiger partial charge in [-0.2, -0.15) is 0 Å². The van der Waals surface area contributed by atoms with Crippen LogP contribution in [0.15, 0.2) is 70.4 Å². The minimum Gasteiger partial charge on any atom is -0.491 e. The lowest BCUT2D eigenvalue weighted by Gasteiger charge is -2.19. The summed E-state index contributed by atoms with van der Waals surface area (Å²) in [6, 6.07) is 16.1. The third-order valence-corrected chi connectivity index (χ3v) is 5.44. The van der Waals surface area contributed by atoms with Crippen LogP contribution in [-0.2, 0) is 4.18 Å². The zero-order valence-corrected chi connectivity index (χ0v) is 22.0. The van der Waals surface area contributed by atoms with E-state index in [-0.39, 0.29) is 0 Å². The Bertz CT molecular complexity index is 1110. The number of furan rings is 1. The van der Waals surface area contributed by atoms with Crippen LogP contribution in [0.1, 0.15) is 38.8 Å². The van der Waals surface area contributed by atoms with Gasteiger partial charge in [-0.15, -0.1) is 0 Å². The van der Waals surface area contributed by atoms with Gasteiger partial charge < -0.3 is 18.2 Å². The first-order valence-electron chi connectivity index (χ1n) is 11.6. The van der Waals surface area contributed by atoms with Gasteiger partial charge in [-0.1, -0.05) is 45.4 Å². The fourth-order valence-corrected chi connectivity index (χ4v) is 3.57. The Morgan fingerprint density at radius 3 is 2.24 bits per heavy atom. The summed E-state index contributed by atoms with van der Waals surface area (Å²) in [5, 5.41) is 0.920. The predicted octanol–water partition coefficient (Wildman–Crippen LogP) is 7.76. The lowest BCUT2D eigenvalue weighted by molar-refractivity contribution is 0.239. The van der Waals surface area contributed by atoms with E-state index in [1.54, 1.807) is 6.26 Å². The number of hydrogen-bond acceptors (Lipinski definition) is 7. The molecule has 182 valence electrons. The van der Waals surface area contributed by atoms with E-state index in [4.69, 9.17) is 13.3 Å². The maximum absolute atomic E-state index is 5.78. The summed E-state index contributed by atoms with van der Waals surface area (Å²) >= 11 is 1.36. The Morgan fingerprint density at radius 1 is 0.882 bits per heavy atom. The first-order valence-corrected chi connectivity index (χ1v) is 12.4. The molecule has 4 rings (SSSR count). The highest BCUT2D eigenvalue weighted by Crippen LogP contribution is 2.31. The average Bonchev–Trinajstić information content (AvgIpc) is 3.28. The second-order valence-corrected chi connectivity index (χ2v) is 7.79. The Balaban J connectivity index is 0.000000970. The van der Waals surface area contributed by atoms with Crippen LogP contribution in [-0.4, -0.2) is 30.2 Å². The lowest BCUT2D eigenvalue weighted by atomic mass is 10.2. The number of aryl methyl sites for hydroxylation is 2. The Labute approximate surface area is 207 Å². The monoisotopic (exact) mass is 481 g/mol. The van der Waals surface area contributed by atoms with Crippen LogP contribution in [0.2, 0.25) is 0 Å². The summed E-state index contributed by atoms with van der Waals surface area (Å²) in [6.45, 7) is 13.0. The molecule has 2 aromatic carbocycles. The van der Waals surface area contributed by atoms with E-state index in [9.17, 15) is 0 Å². The van der Waals surface area contributed by atoms with Gasteiger partial charge in [0.2, 0.25) is 5.71 Å². The van der Waals surface area contributed by atoms with Crippen molar-refractivity contribution in [2.24, 2.45) is 0 Å². The summed E-state index contributed by atoms with van der Waals surface area (Å²) in [6.07, 6.45) is 3.22. The fraction of sp³-hybridized carbons (Fsp3) is 0.333. The van der Waals surface area contributed by atoms with Crippen molar-refractivity contribution in [1.82, 2.24) is 9.97 Å². The van der Waals surface area contributed by atoms with Crippen LogP contribution >= 0.6 is 12.0 Å². The maximum atomic E-state index is 5.78. The molecule has 0 saturated carbocycles. The number of nitrogens with zero attached hydrogens (tertiary/aromatic N) is 3. The molecule has 0 aliphatic carbocycles. The van der Waals surface area contributed by atoms with E-state index < -0.39 is 0 Å². The number of fused-ring (bicyclic) bond motifs is 1. The van der Waals surface area contributed by atoms with Gasteiger partial charge in [-0.25, -0.2) is 9.97 Å². The van der Waals surface area contributed by atoms with Crippen molar-refractivity contribution in [1.29, 1.82) is 0 Å². The fourth-order valence-electron chi connectivity index (χ4n) is 3.04. The summed E-state index contributed by atoms with van der Waals surface area (Å²) in [4.78, 5) is 11.7. The Morgan fingerprint density at radius 2 is 1.56 bits per heavy atom. The van der Waals surface area contributed by atoms with Gasteiger partial charge in [-0.05, 0) is 50.2 Å². The number of anilines is 2. The smallest absolute Gasteiger partial charge is 0.231 e. The number of rotatable bonds is 8. The molecule has 0 saturated heterocycles. The van der Waals surface area contributed by atoms with E-state index in [0.717, 1.165) is 33.1 Å². The first kappa shape index (κ1) is 27.2. The van der Waals surface area contributed by atoms with Crippen LogP contribution < -0.4 is 9.64 Å². The van der Waals surface area contributed by atoms with Gasteiger partial charge in [0.05, 0.1) is 18.3 Å². The molecule has 7 heteroatoms. The first-order chi connectivity index (χ1) is 16.6. The molecule has 0 spiro atoms. The van der Waals surface area contributed by atoms with Gasteiger partial charge in [0.15, 0.2) is 0 Å². The molecule has 34 heavy (non-hydrogen) atoms. The van der Waals surface area contributed by atoms with Crippen molar-refractivity contribution < 1.29 is 13.3 Å². The van der Waals surface area contributed by atoms with Crippen molar-refractivity contribution in [3.63, 3.8) is 0 Å². The third kappa shape index (κ3) is 7.23. The minimum absolute atomic E-state index is 0.481. The Hall–Kier alpha value is -3.03. The van der Waals surface area contributed by atoms with Crippen LogP contribution in [0.4, 0.5) is 11.5 Å². The van der Waals surface area contributed by atoms with Crippen LogP contribution in [0.5, 0.6) is 5.75 Å². The van der Waals surface area contributed by atoms with Gasteiger partial charge in [-0.3, -0.25) is 0 Å². The molecule has 6 nitrogen and oxygen atoms in total. The highest BCUT2D eigenvalue weighted by atomic mass is 32.2. The van der Waals surface area contributed by atoms with E-state index in [1.807, 2.05) is 83.0 Å². The second kappa shape index (κ2) is 14.3. The normalized spacial score (nSPS) is 10.1. The zero-order chi connectivity index (χ0) is 24.9. The average molecular weight is 482 g/mol. The predicted molar refractivity (Wildman–Crippen MR) is 142 cm³/mol. The maximum Gasteiger partial charge on any atom is 0.231 e. The second-order valence-electron chi connectivity index (χ2n) is 6.92. The molecule has 0 aliphatic heterocycles. The van der Waals surface area contributed by atoms with Gasteiger partial charge in [0, 0.05) is 35.2 Å². The van der Waals surface area contributed by atoms with E-state index in [2.05, 4.69) is 29.0 Å². The summed E-state index contributed by atoms with van der Waals surface area (Å²) in [7, 11) is 1.97. The molecule has 0 amide bonds. The minimum atomic E-state index is 0.481. The number of ether oxygens (including phenoxy) is 1. The molecule has 0 aliphatic rings. The molecule has 2 heterocycles.